The van der Waals surface area contributed by atoms with Crippen molar-refractivity contribution in [2.75, 3.05) is 0 Å². The molecule has 0 unspecified atom stereocenters. The second-order valence-corrected chi connectivity index (χ2v) is 5.33. The van der Waals surface area contributed by atoms with Crippen LogP contribution < -0.4 is 5.32 Å². The van der Waals surface area contributed by atoms with Gasteiger partial charge in [0.2, 0.25) is 0 Å². The number of carbonyl (C=O) groups excluding carboxylic acids is 1. The summed E-state index contributed by atoms with van der Waals surface area (Å²) < 4.78 is 0. The molecule has 1 amide bonds. The predicted molar refractivity (Wildman–Crippen MR) is 86.6 cm³/mol. The average molecular weight is 291 g/mol. The molecule has 0 atom stereocenters. The van der Waals surface area contributed by atoms with Crippen LogP contribution >= 0.6 is 0 Å². The highest BCUT2D eigenvalue weighted by Gasteiger charge is 2.12. The first-order valence-electron chi connectivity index (χ1n) is 7.19. The maximum Gasteiger partial charge on any atom is 0.252 e. The monoisotopic (exact) mass is 291 g/mol. The molecule has 0 radical (unpaired) electrons. The summed E-state index contributed by atoms with van der Waals surface area (Å²) in [5.74, 6) is -0.0926. The lowest BCUT2D eigenvalue weighted by atomic mass is 10.0. The van der Waals surface area contributed by atoms with Crippen LogP contribution in [-0.2, 0) is 6.54 Å². The molecule has 1 aromatic carbocycles. The van der Waals surface area contributed by atoms with Crippen molar-refractivity contribution >= 4 is 16.8 Å². The zero-order valence-corrected chi connectivity index (χ0v) is 12.6. The molecule has 110 valence electrons. The molecule has 0 aliphatic rings. The summed E-state index contributed by atoms with van der Waals surface area (Å²) in [4.78, 5) is 21.1. The Balaban J connectivity index is 1.92. The van der Waals surface area contributed by atoms with E-state index in [0.29, 0.717) is 12.1 Å². The van der Waals surface area contributed by atoms with Gasteiger partial charge in [-0.2, -0.15) is 0 Å². The minimum Gasteiger partial charge on any atom is -0.348 e. The van der Waals surface area contributed by atoms with E-state index in [1.54, 1.807) is 12.4 Å². The van der Waals surface area contributed by atoms with Crippen LogP contribution in [0.25, 0.3) is 10.9 Å². The number of nitrogens with one attached hydrogen (secondary N) is 1. The number of pyridine rings is 2. The Morgan fingerprint density at radius 1 is 1.18 bits per heavy atom. The lowest BCUT2D eigenvalue weighted by Crippen LogP contribution is -2.23. The van der Waals surface area contributed by atoms with Gasteiger partial charge in [-0.3, -0.25) is 14.8 Å². The summed E-state index contributed by atoms with van der Waals surface area (Å²) in [5, 5.41) is 3.83. The van der Waals surface area contributed by atoms with E-state index < -0.39 is 0 Å². The molecule has 3 aromatic rings. The molecular formula is C18H17N3O. The fourth-order valence-corrected chi connectivity index (χ4v) is 2.49. The third-order valence-corrected chi connectivity index (χ3v) is 3.59. The molecule has 4 heteroatoms. The molecule has 3 rings (SSSR count). The summed E-state index contributed by atoms with van der Waals surface area (Å²) in [6.45, 7) is 4.37. The van der Waals surface area contributed by atoms with Crippen LogP contribution in [0.4, 0.5) is 0 Å². The molecule has 2 aromatic heterocycles. The molecule has 0 fully saturated rings. The highest BCUT2D eigenvalue weighted by molar-refractivity contribution is 6.06. The zero-order chi connectivity index (χ0) is 15.5. The number of nitrogens with zero attached hydrogens (tertiary/aromatic N) is 2. The minimum atomic E-state index is -0.0926. The molecule has 0 saturated heterocycles. The van der Waals surface area contributed by atoms with Crippen molar-refractivity contribution in [3.63, 3.8) is 0 Å². The van der Waals surface area contributed by atoms with E-state index in [2.05, 4.69) is 15.3 Å². The van der Waals surface area contributed by atoms with E-state index in [0.717, 1.165) is 27.7 Å². The summed E-state index contributed by atoms with van der Waals surface area (Å²) in [6, 6.07) is 11.5. The van der Waals surface area contributed by atoms with Gasteiger partial charge in [0.15, 0.2) is 0 Å². The van der Waals surface area contributed by atoms with Crippen molar-refractivity contribution in [1.29, 1.82) is 0 Å². The topological polar surface area (TPSA) is 54.9 Å². The van der Waals surface area contributed by atoms with E-state index in [9.17, 15) is 4.79 Å². The predicted octanol–water partition coefficient (Wildman–Crippen LogP) is 3.18. The SMILES string of the molecule is Cc1cc(C(=O)NCc2cccnc2)c2cccc(C)c2n1. The maximum absolute atomic E-state index is 12.5. The van der Waals surface area contributed by atoms with Crippen molar-refractivity contribution in [3.8, 4) is 0 Å². The smallest absolute Gasteiger partial charge is 0.252 e. The van der Waals surface area contributed by atoms with Gasteiger partial charge in [-0.25, -0.2) is 0 Å². The number of hydrogen-bond donors (Lipinski definition) is 1. The van der Waals surface area contributed by atoms with E-state index in [1.165, 1.54) is 0 Å². The molecule has 4 nitrogen and oxygen atoms in total. The number of aryl methyl sites for hydroxylation is 2. The van der Waals surface area contributed by atoms with Gasteiger partial charge in [0, 0.05) is 30.0 Å². The number of hydrogen-bond acceptors (Lipinski definition) is 3. The van der Waals surface area contributed by atoms with E-state index >= 15 is 0 Å². The Morgan fingerprint density at radius 3 is 2.82 bits per heavy atom. The summed E-state index contributed by atoms with van der Waals surface area (Å²) in [6.07, 6.45) is 3.47. The lowest BCUT2D eigenvalue weighted by Gasteiger charge is -2.10. The van der Waals surface area contributed by atoms with Gasteiger partial charge in [0.1, 0.15) is 0 Å². The van der Waals surface area contributed by atoms with Crippen molar-refractivity contribution in [3.05, 3.63) is 71.2 Å². The summed E-state index contributed by atoms with van der Waals surface area (Å²) >= 11 is 0. The van der Waals surface area contributed by atoms with Crippen LogP contribution in [0.5, 0.6) is 0 Å². The molecule has 2 heterocycles. The second-order valence-electron chi connectivity index (χ2n) is 5.33. The average Bonchev–Trinajstić information content (AvgIpc) is 2.54. The highest BCUT2D eigenvalue weighted by Crippen LogP contribution is 2.21. The summed E-state index contributed by atoms with van der Waals surface area (Å²) in [5.41, 5.74) is 4.43. The van der Waals surface area contributed by atoms with Crippen molar-refractivity contribution in [1.82, 2.24) is 15.3 Å². The Morgan fingerprint density at radius 2 is 2.05 bits per heavy atom. The molecule has 0 bridgehead atoms. The molecule has 22 heavy (non-hydrogen) atoms. The fraction of sp³-hybridized carbons (Fsp3) is 0.167. The molecule has 0 saturated carbocycles. The van der Waals surface area contributed by atoms with E-state index in [-0.39, 0.29) is 5.91 Å². The van der Waals surface area contributed by atoms with E-state index in [4.69, 9.17) is 0 Å². The van der Waals surface area contributed by atoms with Gasteiger partial charge in [-0.05, 0) is 37.1 Å². The van der Waals surface area contributed by atoms with Gasteiger partial charge >= 0.3 is 0 Å². The Kier molecular flexibility index (Phi) is 3.83. The Labute approximate surface area is 129 Å². The van der Waals surface area contributed by atoms with Gasteiger partial charge in [0.05, 0.1) is 11.1 Å². The minimum absolute atomic E-state index is 0.0926. The van der Waals surface area contributed by atoms with Crippen LogP contribution in [-0.4, -0.2) is 15.9 Å². The number of amides is 1. The molecule has 0 aliphatic carbocycles. The van der Waals surface area contributed by atoms with Crippen LogP contribution in [0, 0.1) is 13.8 Å². The largest absolute Gasteiger partial charge is 0.348 e. The number of carbonyl (C=O) groups is 1. The van der Waals surface area contributed by atoms with Crippen LogP contribution in [0.2, 0.25) is 0 Å². The molecule has 0 spiro atoms. The summed E-state index contributed by atoms with van der Waals surface area (Å²) in [7, 11) is 0. The quantitative estimate of drug-likeness (QED) is 0.806. The van der Waals surface area contributed by atoms with Gasteiger partial charge in [-0.15, -0.1) is 0 Å². The van der Waals surface area contributed by atoms with Crippen LogP contribution in [0.1, 0.15) is 27.2 Å². The van der Waals surface area contributed by atoms with Gasteiger partial charge in [0.25, 0.3) is 5.91 Å². The van der Waals surface area contributed by atoms with Crippen molar-refractivity contribution in [2.45, 2.75) is 20.4 Å². The number of benzene rings is 1. The first kappa shape index (κ1) is 14.2. The number of rotatable bonds is 3. The Bertz CT molecular complexity index is 828. The standard InChI is InChI=1S/C18H17N3O/c1-12-5-3-7-15-16(9-13(2)21-17(12)15)18(22)20-11-14-6-4-8-19-10-14/h3-10H,11H2,1-2H3,(H,20,22). The molecule has 1 N–H and O–H groups in total. The Hall–Kier alpha value is -2.75. The number of fused-ring (bicyclic) bond motifs is 1. The number of para-hydroxylation sites is 1. The van der Waals surface area contributed by atoms with Crippen molar-refractivity contribution in [2.24, 2.45) is 0 Å². The fourth-order valence-electron chi connectivity index (χ4n) is 2.49. The lowest BCUT2D eigenvalue weighted by molar-refractivity contribution is 0.0952. The van der Waals surface area contributed by atoms with Crippen molar-refractivity contribution < 1.29 is 4.79 Å². The highest BCUT2D eigenvalue weighted by atomic mass is 16.1. The maximum atomic E-state index is 12.5. The molecule has 0 aliphatic heterocycles. The molecular weight excluding hydrogens is 274 g/mol. The van der Waals surface area contributed by atoms with Gasteiger partial charge in [-0.1, -0.05) is 24.3 Å². The van der Waals surface area contributed by atoms with Crippen LogP contribution in [0.15, 0.2) is 48.8 Å². The third kappa shape index (κ3) is 2.81. The normalized spacial score (nSPS) is 10.6. The van der Waals surface area contributed by atoms with E-state index in [1.807, 2.05) is 50.2 Å². The first-order valence-corrected chi connectivity index (χ1v) is 7.19. The zero-order valence-electron chi connectivity index (χ0n) is 12.6. The first-order chi connectivity index (χ1) is 10.6. The van der Waals surface area contributed by atoms with Crippen LogP contribution in [0.3, 0.4) is 0 Å². The number of aromatic nitrogens is 2. The second kappa shape index (κ2) is 5.93. The third-order valence-electron chi connectivity index (χ3n) is 3.59. The van der Waals surface area contributed by atoms with Gasteiger partial charge < -0.3 is 5.32 Å².